The first-order chi connectivity index (χ1) is 10.0. The molecule has 0 spiro atoms. The van der Waals surface area contributed by atoms with Crippen molar-refractivity contribution in [1.29, 1.82) is 0 Å². The van der Waals surface area contributed by atoms with Crippen molar-refractivity contribution in [2.45, 2.75) is 19.4 Å². The number of methoxy groups -OCH3 is 1. The monoisotopic (exact) mass is 412 g/mol. The molecule has 2 aromatic carbocycles. The molecule has 1 unspecified atom stereocenters. The first kappa shape index (κ1) is 16.5. The van der Waals surface area contributed by atoms with Crippen molar-refractivity contribution in [3.05, 3.63) is 62.0 Å². The van der Waals surface area contributed by atoms with E-state index in [0.717, 1.165) is 32.2 Å². The summed E-state index contributed by atoms with van der Waals surface area (Å²) in [6, 6.07) is 12.3. The number of hydrogen-bond acceptors (Lipinski definition) is 3. The third-order valence-electron chi connectivity index (χ3n) is 3.34. The fourth-order valence-electron chi connectivity index (χ4n) is 2.29. The summed E-state index contributed by atoms with van der Waals surface area (Å²) < 4.78 is 7.40. The van der Waals surface area contributed by atoms with Crippen LogP contribution in [0.25, 0.3) is 0 Å². The molecule has 0 saturated carbocycles. The highest BCUT2D eigenvalue weighted by molar-refractivity contribution is 9.10. The molecule has 1 atom stereocenters. The maximum atomic E-state index is 5.76. The molecule has 0 aliphatic carbocycles. The highest BCUT2D eigenvalue weighted by Crippen LogP contribution is 2.28. The van der Waals surface area contributed by atoms with Gasteiger partial charge in [-0.3, -0.25) is 11.3 Å². The molecule has 21 heavy (non-hydrogen) atoms. The van der Waals surface area contributed by atoms with Crippen molar-refractivity contribution >= 4 is 31.9 Å². The Balaban J connectivity index is 2.30. The Labute approximate surface area is 142 Å². The van der Waals surface area contributed by atoms with Gasteiger partial charge < -0.3 is 4.74 Å². The van der Waals surface area contributed by atoms with Gasteiger partial charge in [-0.05, 0) is 60.4 Å². The molecule has 0 aromatic heterocycles. The number of benzene rings is 2. The largest absolute Gasteiger partial charge is 0.497 e. The van der Waals surface area contributed by atoms with Gasteiger partial charge in [-0.25, -0.2) is 0 Å². The highest BCUT2D eigenvalue weighted by Gasteiger charge is 2.14. The van der Waals surface area contributed by atoms with Crippen LogP contribution in [0.3, 0.4) is 0 Å². The Kier molecular flexibility index (Phi) is 5.81. The number of hydrogen-bond donors (Lipinski definition) is 2. The van der Waals surface area contributed by atoms with Crippen molar-refractivity contribution in [2.75, 3.05) is 7.11 Å². The normalized spacial score (nSPS) is 12.2. The van der Waals surface area contributed by atoms with E-state index in [-0.39, 0.29) is 6.04 Å². The number of nitrogens with one attached hydrogen (secondary N) is 1. The first-order valence-corrected chi connectivity index (χ1v) is 8.17. The second-order valence-corrected chi connectivity index (χ2v) is 6.71. The predicted molar refractivity (Wildman–Crippen MR) is 93.3 cm³/mol. The van der Waals surface area contributed by atoms with E-state index in [9.17, 15) is 0 Å². The standard InChI is InChI=1S/C16H18Br2N2O/c1-10-5-12(7-13(17)6-10)16(20-19)9-11-8-14(21-2)3-4-15(11)18/h3-8,16,20H,9,19H2,1-2H3. The Morgan fingerprint density at radius 1 is 1.19 bits per heavy atom. The highest BCUT2D eigenvalue weighted by atomic mass is 79.9. The zero-order valence-electron chi connectivity index (χ0n) is 12.0. The maximum Gasteiger partial charge on any atom is 0.119 e. The number of aryl methyl sites for hydroxylation is 1. The van der Waals surface area contributed by atoms with Crippen molar-refractivity contribution in [3.8, 4) is 5.75 Å². The lowest BCUT2D eigenvalue weighted by Crippen LogP contribution is -2.29. The van der Waals surface area contributed by atoms with Crippen LogP contribution < -0.4 is 16.0 Å². The fourth-order valence-corrected chi connectivity index (χ4v) is 3.33. The molecule has 0 aliphatic rings. The lowest BCUT2D eigenvalue weighted by molar-refractivity contribution is 0.413. The first-order valence-electron chi connectivity index (χ1n) is 6.59. The van der Waals surface area contributed by atoms with Gasteiger partial charge in [0, 0.05) is 8.95 Å². The summed E-state index contributed by atoms with van der Waals surface area (Å²) in [4.78, 5) is 0. The summed E-state index contributed by atoms with van der Waals surface area (Å²) in [5.41, 5.74) is 6.40. The molecule has 3 nitrogen and oxygen atoms in total. The molecule has 112 valence electrons. The van der Waals surface area contributed by atoms with Crippen LogP contribution in [0, 0.1) is 6.92 Å². The molecule has 0 fully saturated rings. The molecule has 0 aliphatic heterocycles. The number of hydrazine groups is 1. The molecular weight excluding hydrogens is 396 g/mol. The van der Waals surface area contributed by atoms with Crippen LogP contribution in [-0.2, 0) is 6.42 Å². The van der Waals surface area contributed by atoms with Crippen LogP contribution in [0.2, 0.25) is 0 Å². The second kappa shape index (κ2) is 7.40. The summed E-state index contributed by atoms with van der Waals surface area (Å²) in [5.74, 6) is 6.60. The van der Waals surface area contributed by atoms with E-state index < -0.39 is 0 Å². The van der Waals surface area contributed by atoms with Gasteiger partial charge >= 0.3 is 0 Å². The van der Waals surface area contributed by atoms with E-state index in [1.807, 2.05) is 18.2 Å². The van der Waals surface area contributed by atoms with E-state index in [2.05, 4.69) is 62.4 Å². The third-order valence-corrected chi connectivity index (χ3v) is 4.58. The zero-order chi connectivity index (χ0) is 15.4. The zero-order valence-corrected chi connectivity index (χ0v) is 15.2. The van der Waals surface area contributed by atoms with E-state index in [4.69, 9.17) is 10.6 Å². The molecule has 2 aromatic rings. The molecular formula is C16H18Br2N2O. The smallest absolute Gasteiger partial charge is 0.119 e. The Morgan fingerprint density at radius 2 is 1.95 bits per heavy atom. The summed E-state index contributed by atoms with van der Waals surface area (Å²) in [6.07, 6.45) is 0.768. The van der Waals surface area contributed by atoms with Gasteiger partial charge in [0.2, 0.25) is 0 Å². The van der Waals surface area contributed by atoms with Gasteiger partial charge in [0.25, 0.3) is 0 Å². The van der Waals surface area contributed by atoms with E-state index in [1.165, 1.54) is 5.56 Å². The Bertz CT molecular complexity index is 611. The summed E-state index contributed by atoms with van der Waals surface area (Å²) in [5, 5.41) is 0. The Hall–Kier alpha value is -0.880. The fraction of sp³-hybridized carbons (Fsp3) is 0.250. The van der Waals surface area contributed by atoms with Crippen LogP contribution in [0.1, 0.15) is 22.7 Å². The number of rotatable bonds is 5. The third kappa shape index (κ3) is 4.30. The van der Waals surface area contributed by atoms with E-state index >= 15 is 0 Å². The minimum Gasteiger partial charge on any atom is -0.497 e. The predicted octanol–water partition coefficient (Wildman–Crippen LogP) is 4.28. The molecule has 2 rings (SSSR count). The average Bonchev–Trinajstić information content (AvgIpc) is 2.45. The molecule has 0 radical (unpaired) electrons. The summed E-state index contributed by atoms with van der Waals surface area (Å²) >= 11 is 7.12. The lowest BCUT2D eigenvalue weighted by atomic mass is 9.98. The molecule has 3 N–H and O–H groups in total. The van der Waals surface area contributed by atoms with Crippen molar-refractivity contribution in [3.63, 3.8) is 0 Å². The van der Waals surface area contributed by atoms with Gasteiger partial charge in [-0.1, -0.05) is 37.9 Å². The lowest BCUT2D eigenvalue weighted by Gasteiger charge is -2.19. The van der Waals surface area contributed by atoms with Crippen molar-refractivity contribution in [1.82, 2.24) is 5.43 Å². The van der Waals surface area contributed by atoms with Crippen molar-refractivity contribution < 1.29 is 4.74 Å². The number of halogens is 2. The van der Waals surface area contributed by atoms with E-state index in [0.29, 0.717) is 0 Å². The minimum atomic E-state index is 0.0320. The second-order valence-electron chi connectivity index (χ2n) is 4.94. The summed E-state index contributed by atoms with van der Waals surface area (Å²) in [7, 11) is 1.67. The average molecular weight is 414 g/mol. The van der Waals surface area contributed by atoms with Crippen LogP contribution in [0.15, 0.2) is 45.3 Å². The number of nitrogens with two attached hydrogens (primary N) is 1. The van der Waals surface area contributed by atoms with Gasteiger partial charge in [0.15, 0.2) is 0 Å². The quantitative estimate of drug-likeness (QED) is 0.568. The number of ether oxygens (including phenoxy) is 1. The minimum absolute atomic E-state index is 0.0320. The summed E-state index contributed by atoms with van der Waals surface area (Å²) in [6.45, 7) is 2.07. The van der Waals surface area contributed by atoms with Gasteiger partial charge in [-0.15, -0.1) is 0 Å². The molecule has 5 heteroatoms. The topological polar surface area (TPSA) is 47.3 Å². The van der Waals surface area contributed by atoms with Crippen LogP contribution >= 0.6 is 31.9 Å². The van der Waals surface area contributed by atoms with E-state index in [1.54, 1.807) is 7.11 Å². The SMILES string of the molecule is COc1ccc(Br)c(CC(NN)c2cc(C)cc(Br)c2)c1. The molecule has 0 amide bonds. The van der Waals surface area contributed by atoms with Crippen molar-refractivity contribution in [2.24, 2.45) is 5.84 Å². The van der Waals surface area contributed by atoms with Gasteiger partial charge in [-0.2, -0.15) is 0 Å². The molecule has 0 heterocycles. The maximum absolute atomic E-state index is 5.76. The van der Waals surface area contributed by atoms with Gasteiger partial charge in [0.1, 0.15) is 5.75 Å². The molecule has 0 bridgehead atoms. The van der Waals surface area contributed by atoms with Gasteiger partial charge in [0.05, 0.1) is 13.2 Å². The van der Waals surface area contributed by atoms with Crippen LogP contribution in [-0.4, -0.2) is 7.11 Å². The van der Waals surface area contributed by atoms with Crippen LogP contribution in [0.4, 0.5) is 0 Å². The van der Waals surface area contributed by atoms with Crippen LogP contribution in [0.5, 0.6) is 5.75 Å². The Morgan fingerprint density at radius 3 is 2.57 bits per heavy atom. The molecule has 0 saturated heterocycles.